The summed E-state index contributed by atoms with van der Waals surface area (Å²) in [5.41, 5.74) is 0.492. The second-order valence-corrected chi connectivity index (χ2v) is 8.05. The van der Waals surface area contributed by atoms with Gasteiger partial charge in [-0.25, -0.2) is 4.98 Å². The second kappa shape index (κ2) is 8.67. The van der Waals surface area contributed by atoms with Crippen LogP contribution in [0.3, 0.4) is 0 Å². The third kappa shape index (κ3) is 4.48. The highest BCUT2D eigenvalue weighted by molar-refractivity contribution is 7.09. The van der Waals surface area contributed by atoms with Gasteiger partial charge in [-0.3, -0.25) is 9.59 Å². The predicted octanol–water partition coefficient (Wildman–Crippen LogP) is 3.13. The Labute approximate surface area is 167 Å². The molecular weight excluding hydrogens is 374 g/mol. The summed E-state index contributed by atoms with van der Waals surface area (Å²) in [5.74, 6) is 0.602. The first-order valence-electron chi connectivity index (χ1n) is 9.59. The molecule has 0 radical (unpaired) electrons. The molecule has 4 rings (SSSR count). The van der Waals surface area contributed by atoms with Crippen LogP contribution in [0.5, 0.6) is 0 Å². The molecule has 146 valence electrons. The number of hydrogen-bond donors (Lipinski definition) is 1. The fraction of sp³-hybridized carbons (Fsp3) is 0.381. The van der Waals surface area contributed by atoms with E-state index < -0.39 is 0 Å². The highest BCUT2D eigenvalue weighted by Crippen LogP contribution is 2.18. The normalized spacial score (nSPS) is 16.5. The lowest BCUT2D eigenvalue weighted by molar-refractivity contribution is -0.133. The molecule has 1 N–H and O–H groups in total. The van der Waals surface area contributed by atoms with Crippen LogP contribution < -0.4 is 5.56 Å². The molecule has 2 aromatic heterocycles. The number of H-pyrrole nitrogens is 1. The SMILES string of the molecule is O=C(CCc1nc2ccccc2c(=O)[nH]1)N(Cc1cccs1)CC1CCCO1. The Bertz CT molecular complexity index is 994. The molecule has 1 fully saturated rings. The van der Waals surface area contributed by atoms with Crippen molar-refractivity contribution >= 4 is 28.1 Å². The number of thiophene rings is 1. The number of hydrogen-bond acceptors (Lipinski definition) is 5. The Hall–Kier alpha value is -2.51. The van der Waals surface area contributed by atoms with E-state index in [4.69, 9.17) is 4.74 Å². The zero-order valence-corrected chi connectivity index (χ0v) is 16.4. The van der Waals surface area contributed by atoms with Crippen molar-refractivity contribution in [3.63, 3.8) is 0 Å². The van der Waals surface area contributed by atoms with Crippen molar-refractivity contribution in [2.24, 2.45) is 0 Å². The number of carbonyl (C=O) groups is 1. The van der Waals surface area contributed by atoms with Crippen molar-refractivity contribution in [2.75, 3.05) is 13.2 Å². The first-order chi connectivity index (χ1) is 13.7. The van der Waals surface area contributed by atoms with E-state index in [0.717, 1.165) is 24.3 Å². The minimum atomic E-state index is -0.164. The number of rotatable bonds is 7. The number of ether oxygens (including phenoxy) is 1. The molecule has 1 aliphatic rings. The predicted molar refractivity (Wildman–Crippen MR) is 109 cm³/mol. The van der Waals surface area contributed by atoms with Crippen molar-refractivity contribution in [1.82, 2.24) is 14.9 Å². The van der Waals surface area contributed by atoms with E-state index >= 15 is 0 Å². The molecule has 1 atom stereocenters. The van der Waals surface area contributed by atoms with Crippen LogP contribution in [0.1, 0.15) is 30.0 Å². The molecule has 6 nitrogen and oxygen atoms in total. The number of aromatic amines is 1. The second-order valence-electron chi connectivity index (χ2n) is 7.02. The first-order valence-corrected chi connectivity index (χ1v) is 10.5. The Morgan fingerprint density at radius 3 is 2.96 bits per heavy atom. The van der Waals surface area contributed by atoms with Gasteiger partial charge in [0.15, 0.2) is 0 Å². The van der Waals surface area contributed by atoms with Crippen molar-refractivity contribution in [3.8, 4) is 0 Å². The summed E-state index contributed by atoms with van der Waals surface area (Å²) in [7, 11) is 0. The van der Waals surface area contributed by atoms with Crippen molar-refractivity contribution in [3.05, 3.63) is 62.8 Å². The molecule has 3 aromatic rings. The minimum Gasteiger partial charge on any atom is -0.376 e. The van der Waals surface area contributed by atoms with Crippen molar-refractivity contribution in [2.45, 2.75) is 38.3 Å². The first kappa shape index (κ1) is 18.8. The minimum absolute atomic E-state index is 0.0553. The van der Waals surface area contributed by atoms with Gasteiger partial charge in [-0.05, 0) is 36.4 Å². The van der Waals surface area contributed by atoms with Crippen LogP contribution in [0.4, 0.5) is 0 Å². The Balaban J connectivity index is 1.45. The van der Waals surface area contributed by atoms with E-state index in [1.54, 1.807) is 17.4 Å². The molecule has 1 aromatic carbocycles. The molecule has 1 saturated heterocycles. The van der Waals surface area contributed by atoms with E-state index in [9.17, 15) is 9.59 Å². The Morgan fingerprint density at radius 1 is 1.29 bits per heavy atom. The number of aromatic nitrogens is 2. The van der Waals surface area contributed by atoms with E-state index in [2.05, 4.69) is 9.97 Å². The summed E-state index contributed by atoms with van der Waals surface area (Å²) in [6, 6.07) is 11.3. The fourth-order valence-electron chi connectivity index (χ4n) is 3.52. The maximum absolute atomic E-state index is 12.9. The van der Waals surface area contributed by atoms with Crippen molar-refractivity contribution in [1.29, 1.82) is 0 Å². The van der Waals surface area contributed by atoms with Crippen LogP contribution in [0.2, 0.25) is 0 Å². The van der Waals surface area contributed by atoms with Gasteiger partial charge in [0.2, 0.25) is 5.91 Å². The lowest BCUT2D eigenvalue weighted by atomic mass is 10.2. The van der Waals surface area contributed by atoms with Crippen LogP contribution in [0, 0.1) is 0 Å². The van der Waals surface area contributed by atoms with Gasteiger partial charge in [0, 0.05) is 30.9 Å². The van der Waals surface area contributed by atoms with E-state index in [1.165, 1.54) is 0 Å². The number of amides is 1. The van der Waals surface area contributed by atoms with Gasteiger partial charge in [0.1, 0.15) is 5.82 Å². The lowest BCUT2D eigenvalue weighted by Crippen LogP contribution is -2.37. The van der Waals surface area contributed by atoms with E-state index in [-0.39, 0.29) is 17.6 Å². The monoisotopic (exact) mass is 397 g/mol. The number of para-hydroxylation sites is 1. The maximum atomic E-state index is 12.9. The summed E-state index contributed by atoms with van der Waals surface area (Å²) in [6.07, 6.45) is 2.87. The third-order valence-electron chi connectivity index (χ3n) is 4.97. The van der Waals surface area contributed by atoms with E-state index in [0.29, 0.717) is 42.7 Å². The van der Waals surface area contributed by atoms with Gasteiger partial charge in [-0.1, -0.05) is 18.2 Å². The number of nitrogens with one attached hydrogen (secondary N) is 1. The number of fused-ring (bicyclic) bond motifs is 1. The molecule has 28 heavy (non-hydrogen) atoms. The average Bonchev–Trinajstić information content (AvgIpc) is 3.40. The quantitative estimate of drug-likeness (QED) is 0.665. The smallest absolute Gasteiger partial charge is 0.258 e. The van der Waals surface area contributed by atoms with Gasteiger partial charge in [-0.15, -0.1) is 11.3 Å². The summed E-state index contributed by atoms with van der Waals surface area (Å²) in [5, 5.41) is 2.59. The molecule has 1 unspecified atom stereocenters. The highest BCUT2D eigenvalue weighted by Gasteiger charge is 2.23. The van der Waals surface area contributed by atoms with Crippen molar-refractivity contribution < 1.29 is 9.53 Å². The van der Waals surface area contributed by atoms with Crippen LogP contribution >= 0.6 is 11.3 Å². The summed E-state index contributed by atoms with van der Waals surface area (Å²) in [6.45, 7) is 1.98. The summed E-state index contributed by atoms with van der Waals surface area (Å²) < 4.78 is 5.73. The number of carbonyl (C=O) groups excluding carboxylic acids is 1. The fourth-order valence-corrected chi connectivity index (χ4v) is 4.24. The number of nitrogens with zero attached hydrogens (tertiary/aromatic N) is 2. The van der Waals surface area contributed by atoms with Crippen LogP contribution in [-0.2, 0) is 22.5 Å². The van der Waals surface area contributed by atoms with Crippen LogP contribution in [0.25, 0.3) is 10.9 Å². The average molecular weight is 398 g/mol. The zero-order valence-electron chi connectivity index (χ0n) is 15.6. The standard InChI is InChI=1S/C21H23N3O3S/c25-20(10-9-19-22-18-8-2-1-7-17(18)21(26)23-19)24(13-15-5-3-11-27-15)14-16-6-4-12-28-16/h1-2,4,6-8,12,15H,3,5,9-11,13-14H2,(H,22,23,26). The van der Waals surface area contributed by atoms with Crippen LogP contribution in [-0.4, -0.2) is 40.0 Å². The van der Waals surface area contributed by atoms with Crippen LogP contribution in [0.15, 0.2) is 46.6 Å². The third-order valence-corrected chi connectivity index (χ3v) is 5.83. The molecule has 0 spiro atoms. The number of benzene rings is 1. The largest absolute Gasteiger partial charge is 0.376 e. The highest BCUT2D eigenvalue weighted by atomic mass is 32.1. The molecular formula is C21H23N3O3S. The van der Waals surface area contributed by atoms with Gasteiger partial charge in [0.05, 0.1) is 23.6 Å². The van der Waals surface area contributed by atoms with Gasteiger partial charge >= 0.3 is 0 Å². The van der Waals surface area contributed by atoms with Gasteiger partial charge < -0.3 is 14.6 Å². The molecule has 0 saturated carbocycles. The molecule has 1 aliphatic heterocycles. The van der Waals surface area contributed by atoms with Gasteiger partial charge in [0.25, 0.3) is 5.56 Å². The van der Waals surface area contributed by atoms with Gasteiger partial charge in [-0.2, -0.15) is 0 Å². The molecule has 0 bridgehead atoms. The maximum Gasteiger partial charge on any atom is 0.258 e. The number of aryl methyl sites for hydroxylation is 1. The molecule has 0 aliphatic carbocycles. The summed E-state index contributed by atoms with van der Waals surface area (Å²) >= 11 is 1.65. The molecule has 1 amide bonds. The topological polar surface area (TPSA) is 75.3 Å². The Kier molecular flexibility index (Phi) is 5.83. The lowest BCUT2D eigenvalue weighted by Gasteiger charge is -2.25. The zero-order chi connectivity index (χ0) is 19.3. The summed E-state index contributed by atoms with van der Waals surface area (Å²) in [4.78, 5) is 35.5. The molecule has 3 heterocycles. The molecule has 7 heteroatoms. The van der Waals surface area contributed by atoms with E-state index in [1.807, 2.05) is 40.6 Å². The Morgan fingerprint density at radius 2 is 2.18 bits per heavy atom.